The van der Waals surface area contributed by atoms with Crippen LogP contribution in [0.2, 0.25) is 0 Å². The first-order valence-electron chi connectivity index (χ1n) is 9.61. The van der Waals surface area contributed by atoms with Gasteiger partial charge in [-0.2, -0.15) is 0 Å². The molecule has 8 heteroatoms. The van der Waals surface area contributed by atoms with Crippen LogP contribution in [0, 0.1) is 0 Å². The van der Waals surface area contributed by atoms with E-state index in [2.05, 4.69) is 15.6 Å². The highest BCUT2D eigenvalue weighted by Gasteiger charge is 2.48. The molecule has 2 aliphatic rings. The quantitative estimate of drug-likeness (QED) is 0.742. The van der Waals surface area contributed by atoms with Crippen LogP contribution in [0.5, 0.6) is 11.5 Å². The number of hydrogen-bond acceptors (Lipinski definition) is 5. The highest BCUT2D eigenvalue weighted by Crippen LogP contribution is 2.42. The number of likely N-dealkylation sites (tertiary alicyclic amines) is 1. The second-order valence-electron chi connectivity index (χ2n) is 7.34. The Bertz CT molecular complexity index is 994. The fourth-order valence-electron chi connectivity index (χ4n) is 3.76. The minimum absolute atomic E-state index is 0.127. The Kier molecular flexibility index (Phi) is 4.12. The first-order chi connectivity index (χ1) is 14.1. The lowest BCUT2D eigenvalue weighted by atomic mass is 10.1. The van der Waals surface area contributed by atoms with Crippen molar-refractivity contribution in [1.29, 1.82) is 0 Å². The van der Waals surface area contributed by atoms with Crippen LogP contribution in [0.3, 0.4) is 0 Å². The third-order valence-corrected chi connectivity index (χ3v) is 5.34. The third-order valence-electron chi connectivity index (χ3n) is 5.34. The van der Waals surface area contributed by atoms with Crippen molar-refractivity contribution in [2.75, 3.05) is 13.1 Å². The number of rotatable bonds is 3. The molecule has 1 unspecified atom stereocenters. The van der Waals surface area contributed by atoms with E-state index in [-0.39, 0.29) is 12.1 Å². The van der Waals surface area contributed by atoms with E-state index in [1.165, 1.54) is 0 Å². The summed E-state index contributed by atoms with van der Waals surface area (Å²) in [4.78, 5) is 14.5. The predicted molar refractivity (Wildman–Crippen MR) is 105 cm³/mol. The maximum Gasteiger partial charge on any atom is 0.318 e. The van der Waals surface area contributed by atoms with Gasteiger partial charge in [0.2, 0.25) is 0 Å². The summed E-state index contributed by atoms with van der Waals surface area (Å²) in [6, 6.07) is 15.2. The second kappa shape index (κ2) is 6.80. The van der Waals surface area contributed by atoms with E-state index in [0.717, 1.165) is 22.7 Å². The Morgan fingerprint density at radius 3 is 2.52 bits per heavy atom. The molecule has 2 amide bonds. The van der Waals surface area contributed by atoms with Gasteiger partial charge in [-0.1, -0.05) is 29.5 Å². The van der Waals surface area contributed by atoms with E-state index < -0.39 is 5.79 Å². The molecule has 2 aromatic carbocycles. The largest absolute Gasteiger partial charge is 0.447 e. The van der Waals surface area contributed by atoms with Gasteiger partial charge >= 0.3 is 6.03 Å². The van der Waals surface area contributed by atoms with Gasteiger partial charge in [0.05, 0.1) is 30.7 Å². The minimum atomic E-state index is -0.774. The molecule has 3 heterocycles. The molecular formula is C21H21N5O3. The number of aromatic nitrogens is 3. The van der Waals surface area contributed by atoms with Crippen molar-refractivity contribution in [3.63, 3.8) is 0 Å². The van der Waals surface area contributed by atoms with Crippen LogP contribution in [-0.2, 0) is 0 Å². The number of carbonyl (C=O) groups is 1. The number of carbonyl (C=O) groups excluding carboxylic acids is 1. The first-order valence-corrected chi connectivity index (χ1v) is 9.61. The lowest BCUT2D eigenvalue weighted by Crippen LogP contribution is -2.45. The number of para-hydroxylation sites is 2. The highest BCUT2D eigenvalue weighted by atomic mass is 16.7. The Labute approximate surface area is 168 Å². The van der Waals surface area contributed by atoms with Crippen LogP contribution >= 0.6 is 0 Å². The summed E-state index contributed by atoms with van der Waals surface area (Å²) < 4.78 is 13.7. The Morgan fingerprint density at radius 2 is 1.86 bits per heavy atom. The molecule has 1 fully saturated rings. The number of nitrogens with one attached hydrogen (secondary N) is 1. The van der Waals surface area contributed by atoms with Gasteiger partial charge in [-0.05, 0) is 36.8 Å². The van der Waals surface area contributed by atoms with Gasteiger partial charge in [0.25, 0.3) is 5.79 Å². The van der Waals surface area contributed by atoms with E-state index in [0.29, 0.717) is 19.5 Å². The van der Waals surface area contributed by atoms with Gasteiger partial charge in [0, 0.05) is 13.0 Å². The van der Waals surface area contributed by atoms with E-state index in [1.807, 2.05) is 55.5 Å². The number of fused-ring (bicyclic) bond motifs is 1. The molecule has 0 aliphatic carbocycles. The maximum absolute atomic E-state index is 12.8. The molecule has 29 heavy (non-hydrogen) atoms. The second-order valence-corrected chi connectivity index (χ2v) is 7.34. The summed E-state index contributed by atoms with van der Waals surface area (Å²) in [5.41, 5.74) is 1.93. The number of nitrogens with zero attached hydrogens (tertiary/aromatic N) is 4. The Balaban J connectivity index is 1.21. The molecule has 0 bridgehead atoms. The zero-order valence-corrected chi connectivity index (χ0v) is 16.0. The summed E-state index contributed by atoms with van der Waals surface area (Å²) >= 11 is 0. The summed E-state index contributed by atoms with van der Waals surface area (Å²) in [6.45, 7) is 2.94. The highest BCUT2D eigenvalue weighted by molar-refractivity contribution is 5.75. The summed E-state index contributed by atoms with van der Waals surface area (Å²) in [7, 11) is 0. The molecule has 1 saturated heterocycles. The Morgan fingerprint density at radius 1 is 1.14 bits per heavy atom. The van der Waals surface area contributed by atoms with Crippen molar-refractivity contribution in [2.24, 2.45) is 0 Å². The van der Waals surface area contributed by atoms with Crippen LogP contribution in [0.25, 0.3) is 5.69 Å². The first kappa shape index (κ1) is 17.5. The smallest absolute Gasteiger partial charge is 0.318 e. The molecule has 1 atom stereocenters. The summed E-state index contributed by atoms with van der Waals surface area (Å²) in [5.74, 6) is 0.690. The third kappa shape index (κ3) is 3.26. The van der Waals surface area contributed by atoms with Gasteiger partial charge in [-0.3, -0.25) is 0 Å². The van der Waals surface area contributed by atoms with Gasteiger partial charge in [-0.15, -0.1) is 5.10 Å². The molecule has 8 nitrogen and oxygen atoms in total. The molecule has 3 aromatic rings. The molecule has 0 saturated carbocycles. The van der Waals surface area contributed by atoms with E-state index in [4.69, 9.17) is 9.47 Å². The lowest BCUT2D eigenvalue weighted by Gasteiger charge is -2.24. The van der Waals surface area contributed by atoms with E-state index in [1.54, 1.807) is 22.0 Å². The molecule has 148 valence electrons. The van der Waals surface area contributed by atoms with Crippen LogP contribution in [-0.4, -0.2) is 44.8 Å². The fraction of sp³-hybridized carbons (Fsp3) is 0.286. The lowest BCUT2D eigenvalue weighted by molar-refractivity contribution is -0.0650. The average Bonchev–Trinajstić information content (AvgIpc) is 3.48. The zero-order valence-electron chi connectivity index (χ0n) is 16.0. The summed E-state index contributed by atoms with van der Waals surface area (Å²) in [6.07, 6.45) is 4.06. The normalized spacial score (nSPS) is 17.5. The number of urea groups is 1. The van der Waals surface area contributed by atoms with Crippen LogP contribution in [0.15, 0.2) is 60.9 Å². The topological polar surface area (TPSA) is 81.5 Å². The molecule has 1 spiro atoms. The van der Waals surface area contributed by atoms with Gasteiger partial charge < -0.3 is 19.7 Å². The molecule has 1 N–H and O–H groups in total. The van der Waals surface area contributed by atoms with Crippen molar-refractivity contribution in [3.05, 3.63) is 66.5 Å². The summed E-state index contributed by atoms with van der Waals surface area (Å²) in [5, 5.41) is 10.9. The number of benzene rings is 2. The molecular weight excluding hydrogens is 370 g/mol. The molecule has 1 aromatic heterocycles. The van der Waals surface area contributed by atoms with Crippen molar-refractivity contribution < 1.29 is 14.3 Å². The van der Waals surface area contributed by atoms with Gasteiger partial charge in [-0.25, -0.2) is 9.48 Å². The van der Waals surface area contributed by atoms with E-state index >= 15 is 0 Å². The zero-order chi connectivity index (χ0) is 19.8. The van der Waals surface area contributed by atoms with Crippen LogP contribution < -0.4 is 14.8 Å². The number of ether oxygens (including phenoxy) is 2. The van der Waals surface area contributed by atoms with Crippen LogP contribution in [0.1, 0.15) is 24.9 Å². The van der Waals surface area contributed by atoms with Crippen molar-refractivity contribution >= 4 is 6.03 Å². The number of amides is 2. The van der Waals surface area contributed by atoms with Crippen molar-refractivity contribution in [2.45, 2.75) is 25.2 Å². The minimum Gasteiger partial charge on any atom is -0.447 e. The van der Waals surface area contributed by atoms with Crippen molar-refractivity contribution in [1.82, 2.24) is 25.2 Å². The monoisotopic (exact) mass is 391 g/mol. The van der Waals surface area contributed by atoms with Crippen LogP contribution in [0.4, 0.5) is 4.79 Å². The predicted octanol–water partition coefficient (Wildman–Crippen LogP) is 2.91. The molecule has 2 aliphatic heterocycles. The molecule has 0 radical (unpaired) electrons. The average molecular weight is 391 g/mol. The maximum atomic E-state index is 12.8. The van der Waals surface area contributed by atoms with Gasteiger partial charge in [0.1, 0.15) is 0 Å². The SMILES string of the molecule is CC(NC(=O)N1CCC2(C1)Oc1ccccc1O2)c1ccc(-n2ccnn2)cc1. The van der Waals surface area contributed by atoms with Gasteiger partial charge in [0.15, 0.2) is 11.5 Å². The number of hydrogen-bond donors (Lipinski definition) is 1. The van der Waals surface area contributed by atoms with Crippen molar-refractivity contribution in [3.8, 4) is 17.2 Å². The van der Waals surface area contributed by atoms with E-state index in [9.17, 15) is 4.79 Å². The fourth-order valence-corrected chi connectivity index (χ4v) is 3.76. The Hall–Kier alpha value is -3.55. The standard InChI is InChI=1S/C21H21N5O3/c1-15(16-6-8-17(9-7-16)26-13-11-22-24-26)23-20(27)25-12-10-21(14-25)28-18-4-2-3-5-19(18)29-21/h2-9,11,13,15H,10,12,14H2,1H3,(H,23,27). The molecule has 5 rings (SSSR count).